The number of unbranched alkanes of at least 4 members (excludes halogenated alkanes) is 2. The number of aromatic nitrogens is 2. The minimum absolute atomic E-state index is 0.595. The summed E-state index contributed by atoms with van der Waals surface area (Å²) in [6, 6.07) is 6.36. The molecule has 0 amide bonds. The number of guanidine groups is 1. The summed E-state index contributed by atoms with van der Waals surface area (Å²) in [5.41, 5.74) is 3.44. The van der Waals surface area contributed by atoms with Gasteiger partial charge in [0.1, 0.15) is 5.75 Å². The molecule has 1 aromatic carbocycles. The molecular formula is C21H33N5O. The van der Waals surface area contributed by atoms with Crippen molar-refractivity contribution in [1.29, 1.82) is 0 Å². The first-order chi connectivity index (χ1) is 13.1. The van der Waals surface area contributed by atoms with Gasteiger partial charge in [-0.1, -0.05) is 31.9 Å². The Bertz CT molecular complexity index is 723. The Balaban J connectivity index is 1.98. The topological polar surface area (TPSA) is 63.5 Å². The van der Waals surface area contributed by atoms with Gasteiger partial charge >= 0.3 is 0 Å². The summed E-state index contributed by atoms with van der Waals surface area (Å²) in [4.78, 5) is 4.65. The van der Waals surface area contributed by atoms with Crippen LogP contribution in [0, 0.1) is 6.92 Å². The van der Waals surface area contributed by atoms with Crippen LogP contribution < -0.4 is 15.4 Å². The van der Waals surface area contributed by atoms with E-state index in [1.165, 1.54) is 18.4 Å². The van der Waals surface area contributed by atoms with Gasteiger partial charge in [0.05, 0.1) is 19.3 Å². The zero-order valence-corrected chi connectivity index (χ0v) is 17.1. The van der Waals surface area contributed by atoms with Crippen molar-refractivity contribution in [3.05, 3.63) is 47.3 Å². The molecule has 0 aliphatic heterocycles. The number of benzene rings is 1. The molecule has 27 heavy (non-hydrogen) atoms. The fraction of sp³-hybridized carbons (Fsp3) is 0.524. The number of aryl methyl sites for hydroxylation is 2. The first kappa shape index (κ1) is 20.8. The van der Waals surface area contributed by atoms with Crippen molar-refractivity contribution in [1.82, 2.24) is 20.4 Å². The molecule has 0 fully saturated rings. The first-order valence-electron chi connectivity index (χ1n) is 9.84. The maximum atomic E-state index is 6.03. The summed E-state index contributed by atoms with van der Waals surface area (Å²) < 4.78 is 7.82. The smallest absolute Gasteiger partial charge is 0.191 e. The third-order valence-corrected chi connectivity index (χ3v) is 4.20. The highest BCUT2D eigenvalue weighted by molar-refractivity contribution is 5.79. The van der Waals surface area contributed by atoms with Crippen molar-refractivity contribution in [2.45, 2.75) is 53.1 Å². The van der Waals surface area contributed by atoms with E-state index in [1.54, 1.807) is 4.68 Å². The summed E-state index contributed by atoms with van der Waals surface area (Å²) >= 11 is 0. The molecule has 0 aliphatic rings. The summed E-state index contributed by atoms with van der Waals surface area (Å²) in [6.45, 7) is 9.20. The third kappa shape index (κ3) is 7.33. The molecule has 0 atom stereocenters. The summed E-state index contributed by atoms with van der Waals surface area (Å²) in [7, 11) is 1.91. The minimum Gasteiger partial charge on any atom is -0.493 e. The number of hydrogen-bond donors (Lipinski definition) is 2. The molecular weight excluding hydrogens is 338 g/mol. The lowest BCUT2D eigenvalue weighted by atomic mass is 10.1. The van der Waals surface area contributed by atoms with E-state index in [1.807, 2.05) is 19.4 Å². The molecule has 0 unspecified atom stereocenters. The Morgan fingerprint density at radius 1 is 1.22 bits per heavy atom. The zero-order chi connectivity index (χ0) is 19.5. The van der Waals surface area contributed by atoms with Crippen molar-refractivity contribution in [3.8, 4) is 5.75 Å². The number of nitrogens with zero attached hydrogens (tertiary/aromatic N) is 3. The van der Waals surface area contributed by atoms with E-state index in [-0.39, 0.29) is 0 Å². The predicted molar refractivity (Wildman–Crippen MR) is 111 cm³/mol. The van der Waals surface area contributed by atoms with Crippen LogP contribution in [0.3, 0.4) is 0 Å². The van der Waals surface area contributed by atoms with Crippen LogP contribution in [0.4, 0.5) is 0 Å². The molecule has 0 spiro atoms. The fourth-order valence-electron chi connectivity index (χ4n) is 2.72. The Labute approximate surface area is 163 Å². The van der Waals surface area contributed by atoms with Crippen molar-refractivity contribution in [2.24, 2.45) is 12.0 Å². The van der Waals surface area contributed by atoms with Crippen LogP contribution in [0.1, 0.15) is 49.8 Å². The average Bonchev–Trinajstić information content (AvgIpc) is 3.07. The first-order valence-corrected chi connectivity index (χ1v) is 9.84. The van der Waals surface area contributed by atoms with Gasteiger partial charge in [-0.05, 0) is 31.9 Å². The van der Waals surface area contributed by atoms with E-state index < -0.39 is 0 Å². The molecule has 6 nitrogen and oxygen atoms in total. The largest absolute Gasteiger partial charge is 0.493 e. The van der Waals surface area contributed by atoms with Gasteiger partial charge in [0.25, 0.3) is 0 Å². The van der Waals surface area contributed by atoms with Gasteiger partial charge in [-0.15, -0.1) is 0 Å². The summed E-state index contributed by atoms with van der Waals surface area (Å²) in [6.07, 6.45) is 7.31. The SMILES string of the molecule is CCCCCOc1cc(C)ccc1CNC(=NCc1cnn(C)c1)NCC. The van der Waals surface area contributed by atoms with E-state index in [0.29, 0.717) is 13.1 Å². The number of rotatable bonds is 10. The molecule has 0 radical (unpaired) electrons. The number of ether oxygens (including phenoxy) is 1. The van der Waals surface area contributed by atoms with Crippen LogP contribution in [0.25, 0.3) is 0 Å². The fourth-order valence-corrected chi connectivity index (χ4v) is 2.72. The van der Waals surface area contributed by atoms with E-state index in [9.17, 15) is 0 Å². The normalized spacial score (nSPS) is 11.5. The Morgan fingerprint density at radius 2 is 2.07 bits per heavy atom. The van der Waals surface area contributed by atoms with Crippen molar-refractivity contribution < 1.29 is 4.74 Å². The second-order valence-electron chi connectivity index (χ2n) is 6.74. The lowest BCUT2D eigenvalue weighted by Crippen LogP contribution is -2.36. The Kier molecular flexibility index (Phi) is 8.68. The predicted octanol–water partition coefficient (Wildman–Crippen LogP) is 3.55. The highest BCUT2D eigenvalue weighted by Gasteiger charge is 2.06. The molecule has 148 valence electrons. The van der Waals surface area contributed by atoms with Crippen LogP contribution >= 0.6 is 0 Å². The quantitative estimate of drug-likeness (QED) is 0.381. The molecule has 0 aliphatic carbocycles. The average molecular weight is 372 g/mol. The molecule has 0 saturated carbocycles. The lowest BCUT2D eigenvalue weighted by molar-refractivity contribution is 0.303. The van der Waals surface area contributed by atoms with Crippen LogP contribution in [0.15, 0.2) is 35.6 Å². The molecule has 2 aromatic rings. The summed E-state index contributed by atoms with van der Waals surface area (Å²) in [5, 5.41) is 10.9. The van der Waals surface area contributed by atoms with Crippen molar-refractivity contribution in [3.63, 3.8) is 0 Å². The third-order valence-electron chi connectivity index (χ3n) is 4.20. The van der Waals surface area contributed by atoms with Gasteiger partial charge in [-0.25, -0.2) is 4.99 Å². The van der Waals surface area contributed by atoms with E-state index in [0.717, 1.165) is 42.4 Å². The van der Waals surface area contributed by atoms with E-state index >= 15 is 0 Å². The highest BCUT2D eigenvalue weighted by atomic mass is 16.5. The van der Waals surface area contributed by atoms with Gasteiger partial charge < -0.3 is 15.4 Å². The van der Waals surface area contributed by atoms with Crippen LogP contribution in [0.5, 0.6) is 5.75 Å². The maximum Gasteiger partial charge on any atom is 0.191 e. The van der Waals surface area contributed by atoms with Gasteiger partial charge in [0.2, 0.25) is 0 Å². The standard InChI is InChI=1S/C21H33N5O/c1-5-7-8-11-27-20-12-17(3)9-10-19(20)15-24-21(22-6-2)23-13-18-14-25-26(4)16-18/h9-10,12,14,16H,5-8,11,13,15H2,1-4H3,(H2,22,23,24). The second kappa shape index (κ2) is 11.3. The Morgan fingerprint density at radius 3 is 2.78 bits per heavy atom. The van der Waals surface area contributed by atoms with E-state index in [2.05, 4.69) is 59.7 Å². The number of aliphatic imine (C=N–C) groups is 1. The highest BCUT2D eigenvalue weighted by Crippen LogP contribution is 2.20. The molecule has 1 heterocycles. The number of nitrogens with one attached hydrogen (secondary N) is 2. The Hall–Kier alpha value is -2.50. The molecule has 0 bridgehead atoms. The monoisotopic (exact) mass is 371 g/mol. The van der Waals surface area contributed by atoms with Crippen LogP contribution in [-0.4, -0.2) is 28.9 Å². The molecule has 1 aromatic heterocycles. The molecule has 6 heteroatoms. The minimum atomic E-state index is 0.595. The van der Waals surface area contributed by atoms with Crippen molar-refractivity contribution in [2.75, 3.05) is 13.2 Å². The number of hydrogen-bond acceptors (Lipinski definition) is 3. The van der Waals surface area contributed by atoms with Gasteiger partial charge in [-0.3, -0.25) is 4.68 Å². The molecule has 0 saturated heterocycles. The second-order valence-corrected chi connectivity index (χ2v) is 6.74. The van der Waals surface area contributed by atoms with Gasteiger partial charge in [0.15, 0.2) is 5.96 Å². The summed E-state index contributed by atoms with van der Waals surface area (Å²) in [5.74, 6) is 1.75. The lowest BCUT2D eigenvalue weighted by Gasteiger charge is -2.15. The van der Waals surface area contributed by atoms with Crippen LogP contribution in [0.2, 0.25) is 0 Å². The molecule has 2 N–H and O–H groups in total. The maximum absolute atomic E-state index is 6.03. The van der Waals surface area contributed by atoms with Gasteiger partial charge in [-0.2, -0.15) is 5.10 Å². The zero-order valence-electron chi connectivity index (χ0n) is 17.1. The van der Waals surface area contributed by atoms with Gasteiger partial charge in [0, 0.05) is 37.5 Å². The molecule has 2 rings (SSSR count). The van der Waals surface area contributed by atoms with Crippen molar-refractivity contribution >= 4 is 5.96 Å². The van der Waals surface area contributed by atoms with E-state index in [4.69, 9.17) is 4.74 Å². The van der Waals surface area contributed by atoms with Crippen LogP contribution in [-0.2, 0) is 20.1 Å².